The van der Waals surface area contributed by atoms with Crippen LogP contribution in [0.15, 0.2) is 71.4 Å². The maximum atomic E-state index is 12.5. The Labute approximate surface area is 187 Å². The first-order chi connectivity index (χ1) is 15.4. The number of carbonyl (C=O) groups excluding carboxylic acids is 3. The van der Waals surface area contributed by atoms with Gasteiger partial charge in [-0.3, -0.25) is 9.59 Å². The van der Waals surface area contributed by atoms with Gasteiger partial charge in [0, 0.05) is 19.3 Å². The van der Waals surface area contributed by atoms with Crippen molar-refractivity contribution < 1.29 is 23.9 Å². The first-order valence-corrected chi connectivity index (χ1v) is 10.2. The molecule has 2 aromatic carbocycles. The molecule has 0 radical (unpaired) electrons. The van der Waals surface area contributed by atoms with Gasteiger partial charge in [0.05, 0.1) is 18.3 Å². The summed E-state index contributed by atoms with van der Waals surface area (Å²) < 4.78 is 10.4. The van der Waals surface area contributed by atoms with Crippen LogP contribution in [0.2, 0.25) is 0 Å². The van der Waals surface area contributed by atoms with Gasteiger partial charge in [-0.05, 0) is 42.7 Å². The van der Waals surface area contributed by atoms with E-state index < -0.39 is 5.97 Å². The Morgan fingerprint density at radius 2 is 1.75 bits per heavy atom. The summed E-state index contributed by atoms with van der Waals surface area (Å²) >= 11 is 0. The summed E-state index contributed by atoms with van der Waals surface area (Å²) in [6, 6.07) is 16.9. The second kappa shape index (κ2) is 10.4. The molecule has 0 saturated carbocycles. The monoisotopic (exact) mass is 434 g/mol. The minimum absolute atomic E-state index is 0.0903. The minimum Gasteiger partial charge on any atom is -0.484 e. The Morgan fingerprint density at radius 3 is 2.41 bits per heavy atom. The van der Waals surface area contributed by atoms with Gasteiger partial charge in [0.2, 0.25) is 0 Å². The molecule has 0 bridgehead atoms. The van der Waals surface area contributed by atoms with Crippen molar-refractivity contribution in [1.29, 1.82) is 0 Å². The van der Waals surface area contributed by atoms with Gasteiger partial charge in [0.1, 0.15) is 5.75 Å². The molecule has 166 valence electrons. The largest absolute Gasteiger partial charge is 0.484 e. The van der Waals surface area contributed by atoms with Crippen LogP contribution in [0.5, 0.6) is 5.75 Å². The zero-order valence-corrected chi connectivity index (χ0v) is 18.4. The Kier molecular flexibility index (Phi) is 7.44. The highest BCUT2D eigenvalue weighted by Crippen LogP contribution is 2.30. The number of benzene rings is 2. The Hall–Kier alpha value is -3.87. The lowest BCUT2D eigenvalue weighted by molar-refractivity contribution is -0.136. The predicted molar refractivity (Wildman–Crippen MR) is 121 cm³/mol. The van der Waals surface area contributed by atoms with Crippen molar-refractivity contribution in [2.45, 2.75) is 13.3 Å². The second-order valence-corrected chi connectivity index (χ2v) is 7.32. The van der Waals surface area contributed by atoms with E-state index >= 15 is 0 Å². The smallest absolute Gasteiger partial charge is 0.340 e. The summed E-state index contributed by atoms with van der Waals surface area (Å²) in [5.74, 6) is -0.490. The van der Waals surface area contributed by atoms with E-state index in [1.807, 2.05) is 30.3 Å². The van der Waals surface area contributed by atoms with E-state index in [0.717, 1.165) is 17.5 Å². The third-order valence-electron chi connectivity index (χ3n) is 5.20. The summed E-state index contributed by atoms with van der Waals surface area (Å²) in [7, 11) is 2.90. The van der Waals surface area contributed by atoms with Crippen LogP contribution in [0.4, 0.5) is 0 Å². The van der Waals surface area contributed by atoms with Gasteiger partial charge < -0.3 is 19.7 Å². The summed E-state index contributed by atoms with van der Waals surface area (Å²) in [5.41, 5.74) is 2.96. The fourth-order valence-corrected chi connectivity index (χ4v) is 3.31. The zero-order valence-electron chi connectivity index (χ0n) is 18.4. The summed E-state index contributed by atoms with van der Waals surface area (Å²) in [5, 5.41) is 2.83. The molecule has 2 amide bonds. The lowest BCUT2D eigenvalue weighted by Gasteiger charge is -2.09. The van der Waals surface area contributed by atoms with Gasteiger partial charge >= 0.3 is 5.97 Å². The number of amides is 2. The number of likely N-dealkylation sites (N-methyl/N-ethyl adjacent to an activating group) is 1. The van der Waals surface area contributed by atoms with Gasteiger partial charge in [-0.2, -0.15) is 0 Å². The molecule has 3 rings (SSSR count). The normalized spacial score (nSPS) is 14.7. The zero-order chi connectivity index (χ0) is 23.1. The fourth-order valence-electron chi connectivity index (χ4n) is 3.31. The maximum Gasteiger partial charge on any atom is 0.340 e. The first kappa shape index (κ1) is 22.8. The number of ether oxygens (including phenoxy) is 2. The third-order valence-corrected chi connectivity index (χ3v) is 5.20. The van der Waals surface area contributed by atoms with Crippen molar-refractivity contribution in [3.8, 4) is 5.75 Å². The molecule has 7 nitrogen and oxygen atoms in total. The SMILES string of the molecule is COC(=O)C1=C(C)N(C)C(=O)/C1=C\c1ccc(OCC(=O)NCCc2ccccc2)cc1. The Morgan fingerprint density at radius 1 is 1.06 bits per heavy atom. The lowest BCUT2D eigenvalue weighted by atomic mass is 10.0. The van der Waals surface area contributed by atoms with Crippen LogP contribution in [0.25, 0.3) is 6.08 Å². The van der Waals surface area contributed by atoms with Crippen molar-refractivity contribution in [2.24, 2.45) is 0 Å². The van der Waals surface area contributed by atoms with Crippen molar-refractivity contribution in [1.82, 2.24) is 10.2 Å². The highest BCUT2D eigenvalue weighted by Gasteiger charge is 2.34. The minimum atomic E-state index is -0.551. The average molecular weight is 434 g/mol. The quantitative estimate of drug-likeness (QED) is 0.510. The number of esters is 1. The van der Waals surface area contributed by atoms with Crippen LogP contribution in [-0.4, -0.2) is 50.0 Å². The lowest BCUT2D eigenvalue weighted by Crippen LogP contribution is -2.30. The van der Waals surface area contributed by atoms with Crippen LogP contribution < -0.4 is 10.1 Å². The molecule has 0 saturated heterocycles. The Bertz CT molecular complexity index is 1060. The number of allylic oxidation sites excluding steroid dienone is 1. The topological polar surface area (TPSA) is 84.9 Å². The van der Waals surface area contributed by atoms with Gasteiger partial charge in [-0.15, -0.1) is 0 Å². The van der Waals surface area contributed by atoms with Gasteiger partial charge in [0.25, 0.3) is 11.8 Å². The van der Waals surface area contributed by atoms with Crippen LogP contribution in [0, 0.1) is 0 Å². The second-order valence-electron chi connectivity index (χ2n) is 7.32. The molecule has 1 aliphatic rings. The van der Waals surface area contributed by atoms with E-state index in [1.54, 1.807) is 44.3 Å². The van der Waals surface area contributed by atoms with E-state index in [-0.39, 0.29) is 29.6 Å². The summed E-state index contributed by atoms with van der Waals surface area (Å²) in [6.07, 6.45) is 2.40. The Balaban J connectivity index is 1.56. The highest BCUT2D eigenvalue weighted by molar-refractivity contribution is 6.16. The highest BCUT2D eigenvalue weighted by atomic mass is 16.5. The van der Waals surface area contributed by atoms with Crippen molar-refractivity contribution >= 4 is 23.9 Å². The molecule has 0 fully saturated rings. The molecule has 0 aliphatic carbocycles. The molecular weight excluding hydrogens is 408 g/mol. The molecule has 2 aromatic rings. The van der Waals surface area contributed by atoms with E-state index in [4.69, 9.17) is 9.47 Å². The number of rotatable bonds is 8. The van der Waals surface area contributed by atoms with Crippen molar-refractivity contribution in [3.05, 3.63) is 82.6 Å². The van der Waals surface area contributed by atoms with E-state index in [0.29, 0.717) is 18.0 Å². The molecule has 0 atom stereocenters. The third kappa shape index (κ3) is 5.43. The maximum absolute atomic E-state index is 12.5. The summed E-state index contributed by atoms with van der Waals surface area (Å²) in [6.45, 7) is 2.15. The number of hydrogen-bond donors (Lipinski definition) is 1. The average Bonchev–Trinajstić information content (AvgIpc) is 3.02. The number of methoxy groups -OCH3 is 1. The van der Waals surface area contributed by atoms with E-state index in [2.05, 4.69) is 5.32 Å². The molecule has 0 unspecified atom stereocenters. The van der Waals surface area contributed by atoms with Crippen LogP contribution in [-0.2, 0) is 25.5 Å². The van der Waals surface area contributed by atoms with Gasteiger partial charge in [-0.25, -0.2) is 4.79 Å². The van der Waals surface area contributed by atoms with Gasteiger partial charge in [-0.1, -0.05) is 42.5 Å². The summed E-state index contributed by atoms with van der Waals surface area (Å²) in [4.78, 5) is 38.0. The molecule has 32 heavy (non-hydrogen) atoms. The van der Waals surface area contributed by atoms with Crippen LogP contribution in [0.3, 0.4) is 0 Å². The number of nitrogens with one attached hydrogen (secondary N) is 1. The standard InChI is InChI=1S/C25H26N2O5/c1-17-23(25(30)31-3)21(24(29)27(17)2)15-19-9-11-20(12-10-19)32-16-22(28)26-14-13-18-7-5-4-6-8-18/h4-12,15H,13-14,16H2,1-3H3,(H,26,28)/b21-15-. The van der Waals surface area contributed by atoms with Crippen molar-refractivity contribution in [3.63, 3.8) is 0 Å². The molecule has 1 aliphatic heterocycles. The molecule has 1 N–H and O–H groups in total. The molecule has 7 heteroatoms. The van der Waals surface area contributed by atoms with Crippen LogP contribution in [0.1, 0.15) is 18.1 Å². The first-order valence-electron chi connectivity index (χ1n) is 10.2. The molecule has 0 spiro atoms. The fraction of sp³-hybridized carbons (Fsp3) is 0.240. The van der Waals surface area contributed by atoms with Gasteiger partial charge in [0.15, 0.2) is 6.61 Å². The predicted octanol–water partition coefficient (Wildman–Crippen LogP) is 2.73. The van der Waals surface area contributed by atoms with Crippen molar-refractivity contribution in [2.75, 3.05) is 27.3 Å². The molecule has 1 heterocycles. The van der Waals surface area contributed by atoms with Crippen LogP contribution >= 0.6 is 0 Å². The van der Waals surface area contributed by atoms with E-state index in [1.165, 1.54) is 12.0 Å². The van der Waals surface area contributed by atoms with E-state index in [9.17, 15) is 14.4 Å². The molecule has 0 aromatic heterocycles. The molecular formula is C25H26N2O5. The number of carbonyl (C=O) groups is 3. The number of nitrogens with zero attached hydrogens (tertiary/aromatic N) is 1. The number of hydrogen-bond acceptors (Lipinski definition) is 5.